The molecule has 0 atom stereocenters. The summed E-state index contributed by atoms with van der Waals surface area (Å²) in [5, 5.41) is 0. The van der Waals surface area contributed by atoms with E-state index in [2.05, 4.69) is 61.0 Å². The van der Waals surface area contributed by atoms with E-state index in [1.165, 1.54) is 5.56 Å². The van der Waals surface area contributed by atoms with Crippen LogP contribution in [0.15, 0.2) is 99.0 Å². The minimum Gasteiger partial charge on any atom is -0.290 e. The Morgan fingerprint density at radius 2 is 1.17 bits per heavy atom. The topological polar surface area (TPSA) is 20.3 Å². The number of ketones is 1. The quantitative estimate of drug-likeness (QED) is 0.352. The lowest BCUT2D eigenvalue weighted by Crippen LogP contribution is -2.37. The largest absolute Gasteiger partial charge is 0.290 e. The zero-order valence-electron chi connectivity index (χ0n) is 16.4. The first-order chi connectivity index (χ1) is 14.6. The van der Waals surface area contributed by atoms with Gasteiger partial charge in [-0.3, -0.25) is 9.69 Å². The lowest BCUT2D eigenvalue weighted by Gasteiger charge is -2.30. The number of carbonyl (C=O) groups excluding carboxylic acids is 1. The number of hydrogen-bond donors (Lipinski definition) is 0. The number of rotatable bonds is 4. The molecule has 0 radical (unpaired) electrons. The average molecular weight is 523 g/mol. The number of benzene rings is 3. The molecule has 1 saturated heterocycles. The summed E-state index contributed by atoms with van der Waals surface area (Å²) in [5.41, 5.74) is 4.96. The van der Waals surface area contributed by atoms with Crippen LogP contribution in [0.25, 0.3) is 12.2 Å². The number of halogens is 2. The van der Waals surface area contributed by atoms with Gasteiger partial charge >= 0.3 is 0 Å². The van der Waals surface area contributed by atoms with Crippen LogP contribution in [0.4, 0.5) is 0 Å². The maximum atomic E-state index is 13.3. The van der Waals surface area contributed by atoms with Crippen LogP contribution in [0.3, 0.4) is 0 Å². The molecule has 0 aromatic heterocycles. The Morgan fingerprint density at radius 3 is 1.63 bits per heavy atom. The number of hydrogen-bond acceptors (Lipinski definition) is 2. The van der Waals surface area contributed by atoms with Gasteiger partial charge in [0.2, 0.25) is 0 Å². The second-order valence-electron chi connectivity index (χ2n) is 7.40. The predicted octanol–water partition coefficient (Wildman–Crippen LogP) is 6.76. The molecular weight excluding hydrogens is 502 g/mol. The van der Waals surface area contributed by atoms with Crippen molar-refractivity contribution in [3.63, 3.8) is 0 Å². The van der Waals surface area contributed by atoms with Gasteiger partial charge in [0.1, 0.15) is 0 Å². The highest BCUT2D eigenvalue weighted by Crippen LogP contribution is 2.24. The lowest BCUT2D eigenvalue weighted by atomic mass is 9.94. The van der Waals surface area contributed by atoms with E-state index in [4.69, 9.17) is 0 Å². The standard InChI is InChI=1S/C26H21Br2NO/c27-24-10-6-19(7-11-24)14-22-17-29(16-21-4-2-1-3-5-21)18-23(26(22)30)15-20-8-12-25(28)13-9-20/h1-15H,16-18H2/b22-14-,23-15+. The van der Waals surface area contributed by atoms with Crippen LogP contribution < -0.4 is 0 Å². The molecular formula is C26H21Br2NO. The van der Waals surface area contributed by atoms with Crippen LogP contribution in [0, 0.1) is 0 Å². The van der Waals surface area contributed by atoms with E-state index in [-0.39, 0.29) is 5.78 Å². The van der Waals surface area contributed by atoms with Gasteiger partial charge < -0.3 is 0 Å². The van der Waals surface area contributed by atoms with E-state index in [9.17, 15) is 4.79 Å². The first kappa shape index (κ1) is 21.0. The van der Waals surface area contributed by atoms with E-state index in [0.717, 1.165) is 37.8 Å². The van der Waals surface area contributed by atoms with Gasteiger partial charge in [-0.05, 0) is 53.1 Å². The van der Waals surface area contributed by atoms with Crippen molar-refractivity contribution in [3.8, 4) is 0 Å². The molecule has 0 bridgehead atoms. The molecule has 30 heavy (non-hydrogen) atoms. The van der Waals surface area contributed by atoms with Gasteiger partial charge in [0.05, 0.1) is 0 Å². The summed E-state index contributed by atoms with van der Waals surface area (Å²) >= 11 is 6.94. The Hall–Kier alpha value is -2.27. The molecule has 150 valence electrons. The van der Waals surface area contributed by atoms with Gasteiger partial charge in [-0.2, -0.15) is 0 Å². The minimum atomic E-state index is 0.130. The van der Waals surface area contributed by atoms with Crippen molar-refractivity contribution < 1.29 is 4.79 Å². The van der Waals surface area contributed by atoms with Gasteiger partial charge in [-0.1, -0.05) is 86.5 Å². The van der Waals surface area contributed by atoms with Gasteiger partial charge in [0, 0.05) is 39.7 Å². The summed E-state index contributed by atoms with van der Waals surface area (Å²) in [7, 11) is 0. The molecule has 1 aliphatic rings. The SMILES string of the molecule is O=C1/C(=C\c2ccc(Br)cc2)CN(Cc2ccccc2)C/C1=C\c1ccc(Br)cc1. The second kappa shape index (κ2) is 9.69. The van der Waals surface area contributed by atoms with Crippen LogP contribution in [-0.4, -0.2) is 23.8 Å². The smallest absolute Gasteiger partial charge is 0.187 e. The molecule has 4 heteroatoms. The summed E-state index contributed by atoms with van der Waals surface area (Å²) in [5.74, 6) is 0.130. The molecule has 1 aliphatic heterocycles. The van der Waals surface area contributed by atoms with Gasteiger partial charge in [-0.25, -0.2) is 0 Å². The number of carbonyl (C=O) groups is 1. The molecule has 1 fully saturated rings. The number of piperidine rings is 1. The molecule has 0 aliphatic carbocycles. The van der Waals surface area contributed by atoms with Crippen molar-refractivity contribution in [3.05, 3.63) is 116 Å². The normalized spacial score (nSPS) is 17.6. The maximum absolute atomic E-state index is 13.3. The van der Waals surface area contributed by atoms with Crippen molar-refractivity contribution in [1.29, 1.82) is 0 Å². The molecule has 3 aromatic carbocycles. The van der Waals surface area contributed by atoms with Gasteiger partial charge in [0.15, 0.2) is 5.78 Å². The Morgan fingerprint density at radius 1 is 0.700 bits per heavy atom. The Balaban J connectivity index is 1.67. The zero-order chi connectivity index (χ0) is 20.9. The summed E-state index contributed by atoms with van der Waals surface area (Å²) in [6.07, 6.45) is 4.03. The van der Waals surface area contributed by atoms with E-state index in [0.29, 0.717) is 13.1 Å². The number of nitrogens with zero attached hydrogens (tertiary/aromatic N) is 1. The third kappa shape index (κ3) is 5.45. The monoisotopic (exact) mass is 521 g/mol. The highest BCUT2D eigenvalue weighted by molar-refractivity contribution is 9.10. The van der Waals surface area contributed by atoms with Crippen molar-refractivity contribution >= 4 is 49.8 Å². The minimum absolute atomic E-state index is 0.130. The van der Waals surface area contributed by atoms with Gasteiger partial charge in [0.25, 0.3) is 0 Å². The fraction of sp³-hybridized carbons (Fsp3) is 0.115. The molecule has 0 N–H and O–H groups in total. The molecule has 0 spiro atoms. The van der Waals surface area contributed by atoms with Crippen LogP contribution in [0.1, 0.15) is 16.7 Å². The summed E-state index contributed by atoms with van der Waals surface area (Å²) in [4.78, 5) is 15.6. The van der Waals surface area contributed by atoms with E-state index in [1.807, 2.05) is 66.7 Å². The first-order valence-electron chi connectivity index (χ1n) is 9.80. The summed E-state index contributed by atoms with van der Waals surface area (Å²) in [6.45, 7) is 2.09. The van der Waals surface area contributed by atoms with E-state index >= 15 is 0 Å². The number of likely N-dealkylation sites (tertiary alicyclic amines) is 1. The van der Waals surface area contributed by atoms with Crippen LogP contribution in [0.2, 0.25) is 0 Å². The number of Topliss-reactive ketones (excluding diaryl/α,β-unsaturated/α-hetero) is 1. The van der Waals surface area contributed by atoms with E-state index in [1.54, 1.807) is 0 Å². The van der Waals surface area contributed by atoms with Crippen molar-refractivity contribution in [1.82, 2.24) is 4.90 Å². The molecule has 3 aromatic rings. The summed E-state index contributed by atoms with van der Waals surface area (Å²) < 4.78 is 2.06. The molecule has 0 amide bonds. The Labute approximate surface area is 194 Å². The van der Waals surface area contributed by atoms with Gasteiger partial charge in [-0.15, -0.1) is 0 Å². The average Bonchev–Trinajstić information content (AvgIpc) is 2.75. The Kier molecular flexibility index (Phi) is 6.78. The van der Waals surface area contributed by atoms with Crippen molar-refractivity contribution in [2.75, 3.05) is 13.1 Å². The highest BCUT2D eigenvalue weighted by Gasteiger charge is 2.26. The maximum Gasteiger partial charge on any atom is 0.187 e. The van der Waals surface area contributed by atoms with Crippen LogP contribution >= 0.6 is 31.9 Å². The third-order valence-electron chi connectivity index (χ3n) is 5.04. The van der Waals surface area contributed by atoms with Crippen molar-refractivity contribution in [2.45, 2.75) is 6.54 Å². The Bertz CT molecular complexity index is 1020. The zero-order valence-corrected chi connectivity index (χ0v) is 19.6. The van der Waals surface area contributed by atoms with Crippen LogP contribution in [-0.2, 0) is 11.3 Å². The predicted molar refractivity (Wildman–Crippen MR) is 131 cm³/mol. The molecule has 1 heterocycles. The molecule has 2 nitrogen and oxygen atoms in total. The first-order valence-corrected chi connectivity index (χ1v) is 11.4. The van der Waals surface area contributed by atoms with E-state index < -0.39 is 0 Å². The fourth-order valence-electron chi connectivity index (χ4n) is 3.58. The van der Waals surface area contributed by atoms with Crippen LogP contribution in [0.5, 0.6) is 0 Å². The summed E-state index contributed by atoms with van der Waals surface area (Å²) in [6, 6.07) is 26.5. The lowest BCUT2D eigenvalue weighted by molar-refractivity contribution is -0.113. The second-order valence-corrected chi connectivity index (χ2v) is 9.23. The fourth-order valence-corrected chi connectivity index (χ4v) is 4.11. The van der Waals surface area contributed by atoms with Crippen molar-refractivity contribution in [2.24, 2.45) is 0 Å². The molecule has 0 unspecified atom stereocenters. The molecule has 0 saturated carbocycles. The highest BCUT2D eigenvalue weighted by atomic mass is 79.9. The molecule has 4 rings (SSSR count). The third-order valence-corrected chi connectivity index (χ3v) is 6.10.